The smallest absolute Gasteiger partial charge is 0.0671 e. The lowest BCUT2D eigenvalue weighted by Crippen LogP contribution is -2.26. The SMILES string of the molecule is CCOC(C)CNCc1ccccc1Cl. The van der Waals surface area contributed by atoms with E-state index >= 15 is 0 Å². The van der Waals surface area contributed by atoms with Crippen LogP contribution in [0, 0.1) is 0 Å². The fourth-order valence-electron chi connectivity index (χ4n) is 1.40. The van der Waals surface area contributed by atoms with Crippen molar-refractivity contribution in [3.8, 4) is 0 Å². The van der Waals surface area contributed by atoms with Gasteiger partial charge in [0, 0.05) is 24.7 Å². The molecular formula is C12H18ClNO. The summed E-state index contributed by atoms with van der Waals surface area (Å²) in [7, 11) is 0. The van der Waals surface area contributed by atoms with Crippen LogP contribution in [0.5, 0.6) is 0 Å². The van der Waals surface area contributed by atoms with Crippen molar-refractivity contribution in [1.29, 1.82) is 0 Å². The molecule has 0 amide bonds. The molecule has 0 aromatic heterocycles. The van der Waals surface area contributed by atoms with Crippen LogP contribution in [0.15, 0.2) is 24.3 Å². The number of rotatable bonds is 6. The maximum Gasteiger partial charge on any atom is 0.0671 e. The highest BCUT2D eigenvalue weighted by molar-refractivity contribution is 6.31. The van der Waals surface area contributed by atoms with Gasteiger partial charge in [-0.1, -0.05) is 29.8 Å². The lowest BCUT2D eigenvalue weighted by atomic mass is 10.2. The number of hydrogen-bond acceptors (Lipinski definition) is 2. The van der Waals surface area contributed by atoms with Crippen molar-refractivity contribution < 1.29 is 4.74 Å². The van der Waals surface area contributed by atoms with Gasteiger partial charge in [0.1, 0.15) is 0 Å². The quantitative estimate of drug-likeness (QED) is 0.807. The maximum atomic E-state index is 6.03. The van der Waals surface area contributed by atoms with Crippen LogP contribution in [0.4, 0.5) is 0 Å². The van der Waals surface area contributed by atoms with E-state index in [1.54, 1.807) is 0 Å². The molecule has 0 aliphatic carbocycles. The Morgan fingerprint density at radius 1 is 1.40 bits per heavy atom. The third-order valence-electron chi connectivity index (χ3n) is 2.16. The summed E-state index contributed by atoms with van der Waals surface area (Å²) in [6.07, 6.45) is 0.248. The van der Waals surface area contributed by atoms with Crippen molar-refractivity contribution >= 4 is 11.6 Å². The van der Waals surface area contributed by atoms with E-state index in [4.69, 9.17) is 16.3 Å². The Bertz CT molecular complexity index is 291. The summed E-state index contributed by atoms with van der Waals surface area (Å²) in [6, 6.07) is 7.87. The Labute approximate surface area is 96.6 Å². The van der Waals surface area contributed by atoms with E-state index in [0.717, 1.165) is 30.3 Å². The molecule has 0 radical (unpaired) electrons. The van der Waals surface area contributed by atoms with E-state index in [1.165, 1.54) is 0 Å². The second kappa shape index (κ2) is 6.83. The van der Waals surface area contributed by atoms with E-state index in [-0.39, 0.29) is 6.10 Å². The van der Waals surface area contributed by atoms with Gasteiger partial charge in [-0.3, -0.25) is 0 Å². The predicted molar refractivity (Wildman–Crippen MR) is 64.2 cm³/mol. The molecule has 0 aliphatic rings. The molecule has 0 heterocycles. The van der Waals surface area contributed by atoms with Crippen molar-refractivity contribution in [2.45, 2.75) is 26.5 Å². The van der Waals surface area contributed by atoms with Crippen LogP contribution >= 0.6 is 11.6 Å². The third-order valence-corrected chi connectivity index (χ3v) is 2.52. The highest BCUT2D eigenvalue weighted by atomic mass is 35.5. The van der Waals surface area contributed by atoms with Crippen molar-refractivity contribution in [2.24, 2.45) is 0 Å². The molecule has 0 bridgehead atoms. The first-order chi connectivity index (χ1) is 7.24. The number of nitrogens with one attached hydrogen (secondary N) is 1. The van der Waals surface area contributed by atoms with Crippen LogP contribution in [0.25, 0.3) is 0 Å². The largest absolute Gasteiger partial charge is 0.377 e. The van der Waals surface area contributed by atoms with Gasteiger partial charge < -0.3 is 10.1 Å². The van der Waals surface area contributed by atoms with Gasteiger partial charge in [0.15, 0.2) is 0 Å². The second-order valence-corrected chi connectivity index (χ2v) is 3.90. The van der Waals surface area contributed by atoms with E-state index in [2.05, 4.69) is 12.2 Å². The lowest BCUT2D eigenvalue weighted by molar-refractivity contribution is 0.0759. The lowest BCUT2D eigenvalue weighted by Gasteiger charge is -2.12. The molecule has 0 fully saturated rings. The molecule has 1 rings (SSSR count). The molecule has 1 unspecified atom stereocenters. The van der Waals surface area contributed by atoms with Crippen molar-refractivity contribution in [3.05, 3.63) is 34.9 Å². The summed E-state index contributed by atoms with van der Waals surface area (Å²) in [5.41, 5.74) is 1.13. The van der Waals surface area contributed by atoms with Gasteiger partial charge in [-0.25, -0.2) is 0 Å². The molecule has 15 heavy (non-hydrogen) atoms. The zero-order valence-electron chi connectivity index (χ0n) is 9.29. The van der Waals surface area contributed by atoms with Crippen LogP contribution in [0.1, 0.15) is 19.4 Å². The predicted octanol–water partition coefficient (Wildman–Crippen LogP) is 2.85. The van der Waals surface area contributed by atoms with Gasteiger partial charge in [-0.2, -0.15) is 0 Å². The molecule has 0 saturated carbocycles. The van der Waals surface area contributed by atoms with Crippen molar-refractivity contribution in [2.75, 3.05) is 13.2 Å². The van der Waals surface area contributed by atoms with Gasteiger partial charge in [0.25, 0.3) is 0 Å². The summed E-state index contributed by atoms with van der Waals surface area (Å²) in [5, 5.41) is 4.13. The zero-order chi connectivity index (χ0) is 11.1. The first kappa shape index (κ1) is 12.5. The van der Waals surface area contributed by atoms with Gasteiger partial charge >= 0.3 is 0 Å². The fraction of sp³-hybridized carbons (Fsp3) is 0.500. The first-order valence-corrected chi connectivity index (χ1v) is 5.67. The molecule has 1 N–H and O–H groups in total. The molecule has 2 nitrogen and oxygen atoms in total. The molecular weight excluding hydrogens is 210 g/mol. The molecule has 1 atom stereocenters. The summed E-state index contributed by atoms with van der Waals surface area (Å²) >= 11 is 6.03. The van der Waals surface area contributed by atoms with Crippen LogP contribution in [0.2, 0.25) is 5.02 Å². The summed E-state index contributed by atoms with van der Waals surface area (Å²) in [6.45, 7) is 6.46. The van der Waals surface area contributed by atoms with Crippen LogP contribution in [-0.4, -0.2) is 19.3 Å². The number of halogens is 1. The van der Waals surface area contributed by atoms with E-state index in [1.807, 2.05) is 31.2 Å². The van der Waals surface area contributed by atoms with Crippen LogP contribution in [0.3, 0.4) is 0 Å². The van der Waals surface area contributed by atoms with E-state index in [9.17, 15) is 0 Å². The topological polar surface area (TPSA) is 21.3 Å². The minimum atomic E-state index is 0.248. The molecule has 84 valence electrons. The highest BCUT2D eigenvalue weighted by Crippen LogP contribution is 2.14. The first-order valence-electron chi connectivity index (χ1n) is 5.29. The van der Waals surface area contributed by atoms with Crippen LogP contribution < -0.4 is 5.32 Å². The second-order valence-electron chi connectivity index (χ2n) is 3.49. The van der Waals surface area contributed by atoms with Gasteiger partial charge in [-0.15, -0.1) is 0 Å². The van der Waals surface area contributed by atoms with Gasteiger partial charge in [0.2, 0.25) is 0 Å². The number of hydrogen-bond donors (Lipinski definition) is 1. The zero-order valence-corrected chi connectivity index (χ0v) is 10.1. The molecule has 0 saturated heterocycles. The minimum Gasteiger partial charge on any atom is -0.377 e. The third kappa shape index (κ3) is 4.65. The Morgan fingerprint density at radius 2 is 2.13 bits per heavy atom. The Morgan fingerprint density at radius 3 is 2.80 bits per heavy atom. The molecule has 0 spiro atoms. The molecule has 1 aromatic carbocycles. The summed E-state index contributed by atoms with van der Waals surface area (Å²) in [4.78, 5) is 0. The fourth-order valence-corrected chi connectivity index (χ4v) is 1.60. The van der Waals surface area contributed by atoms with Gasteiger partial charge in [0.05, 0.1) is 6.10 Å². The van der Waals surface area contributed by atoms with E-state index < -0.39 is 0 Å². The minimum absolute atomic E-state index is 0.248. The normalized spacial score (nSPS) is 12.7. The van der Waals surface area contributed by atoms with Gasteiger partial charge in [-0.05, 0) is 25.5 Å². The number of ether oxygens (including phenoxy) is 1. The summed E-state index contributed by atoms with van der Waals surface area (Å²) < 4.78 is 5.41. The number of benzene rings is 1. The average Bonchev–Trinajstić information content (AvgIpc) is 2.21. The highest BCUT2D eigenvalue weighted by Gasteiger charge is 2.01. The molecule has 3 heteroatoms. The monoisotopic (exact) mass is 227 g/mol. The Hall–Kier alpha value is -0.570. The molecule has 1 aromatic rings. The standard InChI is InChI=1S/C12H18ClNO/c1-3-15-10(2)8-14-9-11-6-4-5-7-12(11)13/h4-7,10,14H,3,8-9H2,1-2H3. The van der Waals surface area contributed by atoms with E-state index in [0.29, 0.717) is 0 Å². The van der Waals surface area contributed by atoms with Crippen LogP contribution in [-0.2, 0) is 11.3 Å². The van der Waals surface area contributed by atoms with Crippen molar-refractivity contribution in [3.63, 3.8) is 0 Å². The Balaban J connectivity index is 2.29. The van der Waals surface area contributed by atoms with Crippen molar-refractivity contribution in [1.82, 2.24) is 5.32 Å². The molecule has 0 aliphatic heterocycles. The average molecular weight is 228 g/mol. The maximum absolute atomic E-state index is 6.03. The Kier molecular flexibility index (Phi) is 5.69. The summed E-state index contributed by atoms with van der Waals surface area (Å²) in [5.74, 6) is 0.